The van der Waals surface area contributed by atoms with E-state index >= 15 is 0 Å². The highest BCUT2D eigenvalue weighted by atomic mass is 16.6. The zero-order valence-electron chi connectivity index (χ0n) is 10.3. The fraction of sp³-hybridized carbons (Fsp3) is 0.909. The number of carbonyl (C=O) groups excluding carboxylic acids is 1. The van der Waals surface area contributed by atoms with Crippen LogP contribution in [0.5, 0.6) is 0 Å². The van der Waals surface area contributed by atoms with Crippen molar-refractivity contribution in [2.45, 2.75) is 52.7 Å². The molecule has 90 valence electrons. The molecule has 0 amide bonds. The number of esters is 1. The fourth-order valence-electron chi connectivity index (χ4n) is 1.96. The lowest BCUT2D eigenvalue weighted by Crippen LogP contribution is -2.25. The van der Waals surface area contributed by atoms with Crippen LogP contribution in [0.2, 0.25) is 0 Å². The molecule has 2 unspecified atom stereocenters. The van der Waals surface area contributed by atoms with Crippen LogP contribution in [0.25, 0.3) is 10.4 Å². The van der Waals surface area contributed by atoms with Crippen LogP contribution in [-0.4, -0.2) is 18.1 Å². The number of carbonyl (C=O) groups is 1. The summed E-state index contributed by atoms with van der Waals surface area (Å²) in [6.45, 7) is 7.83. The van der Waals surface area contributed by atoms with E-state index in [0.717, 1.165) is 6.42 Å². The highest BCUT2D eigenvalue weighted by molar-refractivity contribution is 5.78. The molecule has 0 radical (unpaired) electrons. The first kappa shape index (κ1) is 12.8. The predicted octanol–water partition coefficient (Wildman–Crippen LogP) is 3.05. The number of hydrogen-bond acceptors (Lipinski definition) is 3. The van der Waals surface area contributed by atoms with E-state index in [-0.39, 0.29) is 18.1 Å². The lowest BCUT2D eigenvalue weighted by Gasteiger charge is -2.19. The van der Waals surface area contributed by atoms with E-state index in [9.17, 15) is 4.79 Å². The number of nitrogens with zero attached hydrogens (tertiary/aromatic N) is 3. The molecule has 1 saturated heterocycles. The summed E-state index contributed by atoms with van der Waals surface area (Å²) in [5, 5.41) is 3.75. The molecular weight excluding hydrogens is 206 g/mol. The molecule has 1 aliphatic rings. The molecule has 0 bridgehead atoms. The molecule has 1 heterocycles. The molecule has 1 aliphatic heterocycles. The normalized spacial score (nSPS) is 25.1. The third-order valence-corrected chi connectivity index (χ3v) is 2.86. The average Bonchev–Trinajstić information content (AvgIpc) is 2.40. The van der Waals surface area contributed by atoms with E-state index in [2.05, 4.69) is 23.9 Å². The minimum Gasteiger partial charge on any atom is -0.461 e. The molecule has 0 aliphatic carbocycles. The number of ether oxygens (including phenoxy) is 1. The van der Waals surface area contributed by atoms with Gasteiger partial charge >= 0.3 is 5.97 Å². The van der Waals surface area contributed by atoms with E-state index < -0.39 is 5.41 Å². The first-order chi connectivity index (χ1) is 7.36. The van der Waals surface area contributed by atoms with Gasteiger partial charge in [0.25, 0.3) is 0 Å². The Hall–Kier alpha value is -1.22. The Kier molecular flexibility index (Phi) is 3.81. The smallest absolute Gasteiger partial charge is 0.311 e. The second-order valence-electron chi connectivity index (χ2n) is 5.43. The molecule has 5 nitrogen and oxygen atoms in total. The molecule has 1 fully saturated rings. The van der Waals surface area contributed by atoms with Crippen LogP contribution in [0.1, 0.15) is 40.5 Å². The van der Waals surface area contributed by atoms with Crippen molar-refractivity contribution in [3.8, 4) is 0 Å². The summed E-state index contributed by atoms with van der Waals surface area (Å²) in [5.74, 6) is 0.220. The highest BCUT2D eigenvalue weighted by Gasteiger charge is 2.44. The van der Waals surface area contributed by atoms with Crippen molar-refractivity contribution in [1.82, 2.24) is 0 Å². The molecule has 0 spiro atoms. The molecule has 16 heavy (non-hydrogen) atoms. The summed E-state index contributed by atoms with van der Waals surface area (Å²) >= 11 is 0. The summed E-state index contributed by atoms with van der Waals surface area (Å²) in [4.78, 5) is 14.4. The largest absolute Gasteiger partial charge is 0.461 e. The van der Waals surface area contributed by atoms with Crippen LogP contribution >= 0.6 is 0 Å². The van der Waals surface area contributed by atoms with Crippen LogP contribution in [0.4, 0.5) is 0 Å². The van der Waals surface area contributed by atoms with Crippen LogP contribution in [-0.2, 0) is 9.53 Å². The van der Waals surface area contributed by atoms with E-state index in [4.69, 9.17) is 10.3 Å². The molecule has 0 aromatic heterocycles. The SMILES string of the molecule is CC(C)CC(N=[N+]=[N-])C1CC(C)(C)C(=O)O1. The number of azide groups is 1. The van der Waals surface area contributed by atoms with E-state index in [1.165, 1.54) is 0 Å². The second kappa shape index (κ2) is 4.74. The molecule has 1 rings (SSSR count). The summed E-state index contributed by atoms with van der Waals surface area (Å²) in [5.41, 5.74) is 8.07. The van der Waals surface area contributed by atoms with Crippen molar-refractivity contribution < 1.29 is 9.53 Å². The third kappa shape index (κ3) is 2.89. The van der Waals surface area contributed by atoms with Crippen molar-refractivity contribution >= 4 is 5.97 Å². The van der Waals surface area contributed by atoms with E-state index in [0.29, 0.717) is 12.3 Å². The Labute approximate surface area is 95.8 Å². The molecule has 0 saturated carbocycles. The predicted molar refractivity (Wildman–Crippen MR) is 60.7 cm³/mol. The standard InChI is InChI=1S/C11H19N3O2/c1-7(2)5-8(13-14-12)9-6-11(3,4)10(15)16-9/h7-9H,5-6H2,1-4H3. The number of rotatable bonds is 4. The van der Waals surface area contributed by atoms with Gasteiger partial charge in [-0.2, -0.15) is 0 Å². The first-order valence-corrected chi connectivity index (χ1v) is 5.62. The maximum absolute atomic E-state index is 11.5. The van der Waals surface area contributed by atoms with Gasteiger partial charge in [-0.05, 0) is 31.7 Å². The van der Waals surface area contributed by atoms with Gasteiger partial charge in [0.2, 0.25) is 0 Å². The molecule has 0 aromatic rings. The van der Waals surface area contributed by atoms with Crippen molar-refractivity contribution in [2.75, 3.05) is 0 Å². The minimum absolute atomic E-state index is 0.195. The van der Waals surface area contributed by atoms with Gasteiger partial charge in [-0.15, -0.1) is 0 Å². The quantitative estimate of drug-likeness (QED) is 0.319. The van der Waals surface area contributed by atoms with Crippen molar-refractivity contribution in [2.24, 2.45) is 16.4 Å². The Morgan fingerprint density at radius 2 is 2.25 bits per heavy atom. The van der Waals surface area contributed by atoms with Gasteiger partial charge in [0.15, 0.2) is 0 Å². The van der Waals surface area contributed by atoms with E-state index in [1.54, 1.807) is 0 Å². The Balaban J connectivity index is 2.74. The van der Waals surface area contributed by atoms with Gasteiger partial charge in [0.05, 0.1) is 11.5 Å². The summed E-state index contributed by atoms with van der Waals surface area (Å²) in [6, 6.07) is -0.240. The minimum atomic E-state index is -0.454. The molecule has 2 atom stereocenters. The lowest BCUT2D eigenvalue weighted by molar-refractivity contribution is -0.148. The second-order valence-corrected chi connectivity index (χ2v) is 5.43. The van der Waals surface area contributed by atoms with Crippen LogP contribution in [0.15, 0.2) is 5.11 Å². The van der Waals surface area contributed by atoms with Gasteiger partial charge in [-0.25, -0.2) is 0 Å². The molecule has 0 N–H and O–H groups in total. The van der Waals surface area contributed by atoms with E-state index in [1.807, 2.05) is 13.8 Å². The first-order valence-electron chi connectivity index (χ1n) is 5.62. The van der Waals surface area contributed by atoms with Gasteiger partial charge in [0, 0.05) is 11.3 Å². The van der Waals surface area contributed by atoms with Gasteiger partial charge in [0.1, 0.15) is 6.10 Å². The van der Waals surface area contributed by atoms with Crippen LogP contribution in [0, 0.1) is 11.3 Å². The number of hydrogen-bond donors (Lipinski definition) is 0. The van der Waals surface area contributed by atoms with Crippen molar-refractivity contribution in [1.29, 1.82) is 0 Å². The molecule has 5 heteroatoms. The monoisotopic (exact) mass is 225 g/mol. The Morgan fingerprint density at radius 1 is 1.62 bits per heavy atom. The Morgan fingerprint density at radius 3 is 2.62 bits per heavy atom. The van der Waals surface area contributed by atoms with Gasteiger partial charge in [-0.1, -0.05) is 19.0 Å². The zero-order chi connectivity index (χ0) is 12.3. The summed E-state index contributed by atoms with van der Waals surface area (Å²) in [6.07, 6.45) is 1.11. The molecule has 0 aromatic carbocycles. The molecular formula is C11H19N3O2. The highest BCUT2D eigenvalue weighted by Crippen LogP contribution is 2.36. The van der Waals surface area contributed by atoms with Gasteiger partial charge in [-0.3, -0.25) is 4.79 Å². The topological polar surface area (TPSA) is 75.1 Å². The lowest BCUT2D eigenvalue weighted by atomic mass is 9.86. The summed E-state index contributed by atoms with van der Waals surface area (Å²) < 4.78 is 5.29. The Bertz CT molecular complexity index is 319. The van der Waals surface area contributed by atoms with Crippen molar-refractivity contribution in [3.05, 3.63) is 10.4 Å². The fourth-order valence-corrected chi connectivity index (χ4v) is 1.96. The maximum atomic E-state index is 11.5. The summed E-state index contributed by atoms with van der Waals surface area (Å²) in [7, 11) is 0. The maximum Gasteiger partial charge on any atom is 0.311 e. The average molecular weight is 225 g/mol. The van der Waals surface area contributed by atoms with Gasteiger partial charge < -0.3 is 4.74 Å². The van der Waals surface area contributed by atoms with Crippen LogP contribution < -0.4 is 0 Å². The third-order valence-electron chi connectivity index (χ3n) is 2.86. The van der Waals surface area contributed by atoms with Crippen LogP contribution in [0.3, 0.4) is 0 Å². The zero-order valence-corrected chi connectivity index (χ0v) is 10.3. The van der Waals surface area contributed by atoms with Crippen molar-refractivity contribution in [3.63, 3.8) is 0 Å². The number of cyclic esters (lactones) is 1.